The molecule has 2 aromatic rings. The van der Waals surface area contributed by atoms with Gasteiger partial charge in [0.25, 0.3) is 0 Å². The first-order valence-electron chi connectivity index (χ1n) is 6.53. The van der Waals surface area contributed by atoms with E-state index in [4.69, 9.17) is 28.9 Å². The number of benzene rings is 1. The van der Waals surface area contributed by atoms with Gasteiger partial charge in [0.2, 0.25) is 0 Å². The van der Waals surface area contributed by atoms with Crippen LogP contribution in [0.2, 0.25) is 10.0 Å². The number of rotatable bonds is 6. The molecule has 0 radical (unpaired) electrons. The van der Waals surface area contributed by atoms with E-state index in [1.54, 1.807) is 6.07 Å². The first-order valence-corrected chi connectivity index (χ1v) is 8.10. The van der Waals surface area contributed by atoms with Gasteiger partial charge in [-0.2, -0.15) is 0 Å². The van der Waals surface area contributed by atoms with Gasteiger partial charge in [-0.1, -0.05) is 29.3 Å². The monoisotopic (exact) mass is 344 g/mol. The Morgan fingerprint density at radius 1 is 1.29 bits per heavy atom. The van der Waals surface area contributed by atoms with Gasteiger partial charge in [-0.15, -0.1) is 11.3 Å². The molecule has 0 aliphatic heterocycles. The number of anilines is 1. The molecule has 4 nitrogen and oxygen atoms in total. The van der Waals surface area contributed by atoms with E-state index >= 15 is 0 Å². The lowest BCUT2D eigenvalue weighted by molar-refractivity contribution is 0.400. The first-order chi connectivity index (χ1) is 9.97. The largest absolute Gasteiger partial charge is 0.375 e. The first kappa shape index (κ1) is 16.5. The van der Waals surface area contributed by atoms with Gasteiger partial charge < -0.3 is 16.0 Å². The third-order valence-corrected chi connectivity index (χ3v) is 4.55. The highest BCUT2D eigenvalue weighted by atomic mass is 35.5. The highest BCUT2D eigenvalue weighted by molar-refractivity contribution is 7.15. The molecule has 0 bridgehead atoms. The van der Waals surface area contributed by atoms with Crippen LogP contribution in [-0.4, -0.2) is 37.1 Å². The molecule has 0 saturated heterocycles. The molecule has 0 saturated carbocycles. The van der Waals surface area contributed by atoms with Crippen molar-refractivity contribution in [2.75, 3.05) is 32.9 Å². The molecule has 0 atom stereocenters. The average molecular weight is 345 g/mol. The van der Waals surface area contributed by atoms with Crippen LogP contribution in [0.3, 0.4) is 0 Å². The minimum absolute atomic E-state index is 0.521. The van der Waals surface area contributed by atoms with Crippen LogP contribution in [0.4, 0.5) is 5.13 Å². The zero-order valence-corrected chi connectivity index (χ0v) is 14.3. The number of hydrogen-bond donors (Lipinski definition) is 2. The van der Waals surface area contributed by atoms with E-state index < -0.39 is 0 Å². The van der Waals surface area contributed by atoms with Crippen LogP contribution in [-0.2, 0) is 6.54 Å². The van der Waals surface area contributed by atoms with Crippen molar-refractivity contribution in [3.63, 3.8) is 0 Å². The Labute approximate surface area is 138 Å². The van der Waals surface area contributed by atoms with Crippen molar-refractivity contribution < 1.29 is 0 Å². The molecule has 3 N–H and O–H groups in total. The fourth-order valence-corrected chi connectivity index (χ4v) is 2.99. The van der Waals surface area contributed by atoms with Gasteiger partial charge in [-0.05, 0) is 26.2 Å². The minimum Gasteiger partial charge on any atom is -0.375 e. The Kier molecular flexibility index (Phi) is 5.84. The van der Waals surface area contributed by atoms with Gasteiger partial charge in [-0.3, -0.25) is 0 Å². The zero-order chi connectivity index (χ0) is 15.4. The number of nitrogens with two attached hydrogens (primary N) is 1. The zero-order valence-electron chi connectivity index (χ0n) is 12.0. The lowest BCUT2D eigenvalue weighted by Crippen LogP contribution is -2.26. The number of nitrogen functional groups attached to an aromatic ring is 1. The van der Waals surface area contributed by atoms with Crippen LogP contribution >= 0.6 is 34.5 Å². The predicted octanol–water partition coefficient (Wildman–Crippen LogP) is 3.35. The summed E-state index contributed by atoms with van der Waals surface area (Å²) in [5.74, 6) is 0. The van der Waals surface area contributed by atoms with Crippen LogP contribution in [0, 0.1) is 0 Å². The molecule has 1 heterocycles. The summed E-state index contributed by atoms with van der Waals surface area (Å²) in [4.78, 5) is 7.64. The van der Waals surface area contributed by atoms with Crippen LogP contribution in [0.25, 0.3) is 11.3 Å². The molecule has 1 aromatic heterocycles. The number of nitrogens with zero attached hydrogens (tertiary/aromatic N) is 2. The highest BCUT2D eigenvalue weighted by Gasteiger charge is 2.12. The highest BCUT2D eigenvalue weighted by Crippen LogP contribution is 2.33. The second-order valence-corrected chi connectivity index (χ2v) is 6.86. The van der Waals surface area contributed by atoms with E-state index in [1.807, 2.05) is 26.2 Å². The molecule has 0 spiro atoms. The summed E-state index contributed by atoms with van der Waals surface area (Å²) in [7, 11) is 4.10. The van der Waals surface area contributed by atoms with Crippen LogP contribution in [0.15, 0.2) is 18.2 Å². The maximum absolute atomic E-state index is 6.08. The molecule has 0 amide bonds. The molecule has 0 aliphatic carbocycles. The van der Waals surface area contributed by atoms with Crippen molar-refractivity contribution in [2.45, 2.75) is 6.54 Å². The van der Waals surface area contributed by atoms with Crippen LogP contribution < -0.4 is 11.1 Å². The summed E-state index contributed by atoms with van der Waals surface area (Å²) in [6.07, 6.45) is 0. The molecule has 0 fully saturated rings. The molecule has 2 rings (SSSR count). The summed E-state index contributed by atoms with van der Waals surface area (Å²) in [6.45, 7) is 2.63. The molecule has 0 unspecified atom stereocenters. The Hall–Kier alpha value is -0.850. The maximum atomic E-state index is 6.08. The lowest BCUT2D eigenvalue weighted by Gasteiger charge is -2.10. The third kappa shape index (κ3) is 4.56. The van der Waals surface area contributed by atoms with Crippen molar-refractivity contribution in [1.82, 2.24) is 15.2 Å². The second-order valence-electron chi connectivity index (χ2n) is 4.93. The summed E-state index contributed by atoms with van der Waals surface area (Å²) in [5, 5.41) is 5.01. The molecule has 21 heavy (non-hydrogen) atoms. The lowest BCUT2D eigenvalue weighted by atomic mass is 10.1. The smallest absolute Gasteiger partial charge is 0.180 e. The molecular formula is C14H18Cl2N4S. The molecule has 1 aromatic carbocycles. The van der Waals surface area contributed by atoms with Gasteiger partial charge >= 0.3 is 0 Å². The Balaban J connectivity index is 2.14. The van der Waals surface area contributed by atoms with E-state index in [-0.39, 0.29) is 0 Å². The van der Waals surface area contributed by atoms with Gasteiger partial charge in [0.1, 0.15) is 0 Å². The quantitative estimate of drug-likeness (QED) is 0.789. The van der Waals surface area contributed by atoms with Crippen molar-refractivity contribution in [1.29, 1.82) is 0 Å². The summed E-state index contributed by atoms with van der Waals surface area (Å²) < 4.78 is 0. The van der Waals surface area contributed by atoms with E-state index in [2.05, 4.69) is 15.2 Å². The summed E-state index contributed by atoms with van der Waals surface area (Å²) in [6, 6.07) is 5.51. The van der Waals surface area contributed by atoms with E-state index in [9.17, 15) is 0 Å². The van der Waals surface area contributed by atoms with Crippen molar-refractivity contribution >= 4 is 39.7 Å². The standard InChI is InChI=1S/C14H18Cl2N4S/c1-20(2)6-5-18-8-12-13(19-14(17)21-12)9-3-4-10(15)11(16)7-9/h3-4,7,18H,5-6,8H2,1-2H3,(H2,17,19). The van der Waals surface area contributed by atoms with E-state index in [0.29, 0.717) is 15.2 Å². The maximum Gasteiger partial charge on any atom is 0.180 e. The van der Waals surface area contributed by atoms with E-state index in [0.717, 1.165) is 35.8 Å². The SMILES string of the molecule is CN(C)CCNCc1sc(N)nc1-c1ccc(Cl)c(Cl)c1. The molecule has 0 aliphatic rings. The van der Waals surface area contributed by atoms with Crippen LogP contribution in [0.1, 0.15) is 4.88 Å². The molecule has 7 heteroatoms. The van der Waals surface area contributed by atoms with E-state index in [1.165, 1.54) is 11.3 Å². The average Bonchev–Trinajstić information content (AvgIpc) is 2.79. The number of hydrogen-bond acceptors (Lipinski definition) is 5. The Morgan fingerprint density at radius 2 is 2.05 bits per heavy atom. The van der Waals surface area contributed by atoms with Crippen molar-refractivity contribution in [2.24, 2.45) is 0 Å². The molecule has 114 valence electrons. The second kappa shape index (κ2) is 7.42. The summed E-state index contributed by atoms with van der Waals surface area (Å²) >= 11 is 13.5. The molecular weight excluding hydrogens is 327 g/mol. The number of nitrogens with one attached hydrogen (secondary N) is 1. The fraction of sp³-hybridized carbons (Fsp3) is 0.357. The third-order valence-electron chi connectivity index (χ3n) is 2.93. The number of halogens is 2. The topological polar surface area (TPSA) is 54.2 Å². The number of likely N-dealkylation sites (N-methyl/N-ethyl adjacent to an activating group) is 1. The van der Waals surface area contributed by atoms with Gasteiger partial charge in [-0.25, -0.2) is 4.98 Å². The Morgan fingerprint density at radius 3 is 2.71 bits per heavy atom. The normalized spacial score (nSPS) is 11.3. The number of aromatic nitrogens is 1. The summed E-state index contributed by atoms with van der Waals surface area (Å²) in [5.41, 5.74) is 7.65. The Bertz CT molecular complexity index is 613. The van der Waals surface area contributed by atoms with Crippen LogP contribution in [0.5, 0.6) is 0 Å². The minimum atomic E-state index is 0.521. The fourth-order valence-electron chi connectivity index (χ4n) is 1.86. The number of thiazole rings is 1. The van der Waals surface area contributed by atoms with Gasteiger partial charge in [0.05, 0.1) is 15.7 Å². The van der Waals surface area contributed by atoms with Crippen molar-refractivity contribution in [3.8, 4) is 11.3 Å². The van der Waals surface area contributed by atoms with Gasteiger partial charge in [0, 0.05) is 30.1 Å². The predicted molar refractivity (Wildman–Crippen MR) is 92.2 cm³/mol. The van der Waals surface area contributed by atoms with Gasteiger partial charge in [0.15, 0.2) is 5.13 Å². The van der Waals surface area contributed by atoms with Crippen molar-refractivity contribution in [3.05, 3.63) is 33.1 Å².